The Hall–Kier alpha value is -4.73. The van der Waals surface area contributed by atoms with Crippen molar-refractivity contribution in [3.8, 4) is 22.6 Å². The largest absolute Gasteiger partial charge is 0.420 e. The van der Waals surface area contributed by atoms with Crippen LogP contribution in [0.15, 0.2) is 62.4 Å². The molecule has 6 rings (SSSR count). The molecule has 1 aliphatic heterocycles. The van der Waals surface area contributed by atoms with Crippen LogP contribution in [-0.2, 0) is 6.54 Å². The summed E-state index contributed by atoms with van der Waals surface area (Å²) in [6.07, 6.45) is -4.38. The molecular weight excluding hydrogens is 584 g/mol. The van der Waals surface area contributed by atoms with Crippen LogP contribution in [0.1, 0.15) is 18.0 Å². The van der Waals surface area contributed by atoms with Crippen LogP contribution in [0.25, 0.3) is 33.7 Å². The zero-order valence-electron chi connectivity index (χ0n) is 22.1. The van der Waals surface area contributed by atoms with E-state index in [1.165, 1.54) is 46.1 Å². The number of nitrogens with zero attached hydrogens (tertiary/aromatic N) is 7. The minimum Gasteiger partial charge on any atom is -0.415 e. The van der Waals surface area contributed by atoms with Crippen molar-refractivity contribution in [1.29, 1.82) is 0 Å². The Morgan fingerprint density at radius 1 is 0.907 bits per heavy atom. The molecule has 5 aromatic rings. The molecule has 4 aromatic heterocycles. The number of piperazine rings is 1. The van der Waals surface area contributed by atoms with Crippen molar-refractivity contribution in [2.24, 2.45) is 0 Å². The van der Waals surface area contributed by atoms with Crippen LogP contribution in [0.4, 0.5) is 32.2 Å². The molecule has 0 unspecified atom stereocenters. The van der Waals surface area contributed by atoms with E-state index in [-0.39, 0.29) is 42.2 Å². The molecule has 0 saturated carbocycles. The van der Waals surface area contributed by atoms with E-state index in [0.29, 0.717) is 35.7 Å². The molecule has 5 heterocycles. The summed E-state index contributed by atoms with van der Waals surface area (Å²) in [7, 11) is 0. The van der Waals surface area contributed by atoms with E-state index in [0.717, 1.165) is 0 Å². The average molecular weight is 605 g/mol. The normalized spacial score (nSPS) is 14.7. The molecule has 0 spiro atoms. The van der Waals surface area contributed by atoms with Crippen LogP contribution >= 0.6 is 0 Å². The highest BCUT2D eigenvalue weighted by molar-refractivity contribution is 5.81. The topological polar surface area (TPSA) is 106 Å². The number of alkyl halides is 5. The molecule has 10 nitrogen and oxygen atoms in total. The molecule has 1 aliphatic rings. The van der Waals surface area contributed by atoms with E-state index >= 15 is 4.39 Å². The van der Waals surface area contributed by atoms with Crippen molar-refractivity contribution in [1.82, 2.24) is 29.6 Å². The first kappa shape index (κ1) is 28.4. The van der Waals surface area contributed by atoms with Gasteiger partial charge in [0, 0.05) is 55.8 Å². The SMILES string of the molecule is O=c1oc2cc(-c3ccc(N4CCN(CC(F)(F)F)CC4)nc3)c(F)cc2n1Cc1ccc(-c2nnc(C(F)F)o2)cn1. The minimum absolute atomic E-state index is 0.0660. The van der Waals surface area contributed by atoms with Gasteiger partial charge in [-0.2, -0.15) is 22.0 Å². The predicted octanol–water partition coefficient (Wildman–Crippen LogP) is 4.91. The number of hydrogen-bond donors (Lipinski definition) is 0. The Kier molecular flexibility index (Phi) is 7.37. The molecular formula is C27H21F6N7O3. The van der Waals surface area contributed by atoms with Gasteiger partial charge in [-0.15, -0.1) is 10.2 Å². The third-order valence-electron chi connectivity index (χ3n) is 6.93. The molecule has 224 valence electrons. The standard InChI is InChI=1S/C27H21F6N7O3/c28-19-10-20-21(9-18(19)15-2-4-22(35-11-15)39-7-5-38(6-8-39)14-27(31,32)33)42-26(41)40(20)13-17-3-1-16(12-34-17)24-36-37-25(43-24)23(29)30/h1-4,9-12,23H,5-8,13-14H2. The summed E-state index contributed by atoms with van der Waals surface area (Å²) in [5, 5.41) is 6.83. The second-order valence-corrected chi connectivity index (χ2v) is 9.82. The molecule has 0 amide bonds. The number of fused-ring (bicyclic) bond motifs is 1. The third kappa shape index (κ3) is 6.09. The van der Waals surface area contributed by atoms with Gasteiger partial charge in [-0.05, 0) is 30.3 Å². The lowest BCUT2D eigenvalue weighted by atomic mass is 10.1. The Bertz CT molecular complexity index is 1790. The Balaban J connectivity index is 1.17. The van der Waals surface area contributed by atoms with Crippen molar-refractivity contribution in [3.05, 3.63) is 76.7 Å². The van der Waals surface area contributed by atoms with Crippen molar-refractivity contribution in [2.75, 3.05) is 37.6 Å². The fourth-order valence-electron chi connectivity index (χ4n) is 4.82. The number of oxazole rings is 1. The average Bonchev–Trinajstić information content (AvgIpc) is 3.58. The van der Waals surface area contributed by atoms with Gasteiger partial charge < -0.3 is 13.7 Å². The Morgan fingerprint density at radius 3 is 2.28 bits per heavy atom. The number of anilines is 1. The quantitative estimate of drug-likeness (QED) is 0.239. The molecule has 16 heteroatoms. The monoisotopic (exact) mass is 605 g/mol. The number of halogens is 6. The number of aromatic nitrogens is 5. The number of pyridine rings is 2. The van der Waals surface area contributed by atoms with Crippen LogP contribution in [0.2, 0.25) is 0 Å². The summed E-state index contributed by atoms with van der Waals surface area (Å²) >= 11 is 0. The van der Waals surface area contributed by atoms with Crippen LogP contribution < -0.4 is 10.7 Å². The van der Waals surface area contributed by atoms with Crippen LogP contribution in [0.5, 0.6) is 0 Å². The van der Waals surface area contributed by atoms with Gasteiger partial charge in [-0.3, -0.25) is 14.5 Å². The lowest BCUT2D eigenvalue weighted by molar-refractivity contribution is -0.146. The van der Waals surface area contributed by atoms with Crippen molar-refractivity contribution < 1.29 is 35.2 Å². The van der Waals surface area contributed by atoms with E-state index in [9.17, 15) is 26.7 Å². The maximum Gasteiger partial charge on any atom is 0.420 e. The second-order valence-electron chi connectivity index (χ2n) is 9.82. The van der Waals surface area contributed by atoms with Gasteiger partial charge in [0.15, 0.2) is 5.58 Å². The van der Waals surface area contributed by atoms with Gasteiger partial charge in [0.1, 0.15) is 11.6 Å². The smallest absolute Gasteiger partial charge is 0.415 e. The number of rotatable bonds is 7. The zero-order chi connectivity index (χ0) is 30.3. The summed E-state index contributed by atoms with van der Waals surface area (Å²) in [5.41, 5.74) is 1.58. The molecule has 43 heavy (non-hydrogen) atoms. The summed E-state index contributed by atoms with van der Waals surface area (Å²) in [6, 6.07) is 8.90. The fourth-order valence-corrected chi connectivity index (χ4v) is 4.82. The first-order valence-electron chi connectivity index (χ1n) is 12.9. The molecule has 0 N–H and O–H groups in total. The van der Waals surface area contributed by atoms with Crippen molar-refractivity contribution in [2.45, 2.75) is 19.1 Å². The molecule has 1 fully saturated rings. The van der Waals surface area contributed by atoms with E-state index in [4.69, 9.17) is 8.83 Å². The lowest BCUT2D eigenvalue weighted by Gasteiger charge is -2.35. The van der Waals surface area contributed by atoms with Gasteiger partial charge >= 0.3 is 18.4 Å². The molecule has 1 aromatic carbocycles. The third-order valence-corrected chi connectivity index (χ3v) is 6.93. The second kappa shape index (κ2) is 11.2. The highest BCUT2D eigenvalue weighted by Gasteiger charge is 2.32. The minimum atomic E-state index is -4.25. The van der Waals surface area contributed by atoms with Gasteiger partial charge in [-0.25, -0.2) is 14.2 Å². The molecule has 0 radical (unpaired) electrons. The Labute approximate surface area is 238 Å². The van der Waals surface area contributed by atoms with E-state index in [1.54, 1.807) is 12.1 Å². The highest BCUT2D eigenvalue weighted by atomic mass is 19.4. The molecule has 0 aliphatic carbocycles. The summed E-state index contributed by atoms with van der Waals surface area (Å²) in [5.74, 6) is -1.77. The number of benzene rings is 1. The van der Waals surface area contributed by atoms with Gasteiger partial charge in [-0.1, -0.05) is 0 Å². The van der Waals surface area contributed by atoms with E-state index in [1.807, 2.05) is 4.90 Å². The van der Waals surface area contributed by atoms with E-state index in [2.05, 4.69) is 20.2 Å². The maximum absolute atomic E-state index is 15.3. The molecule has 0 bridgehead atoms. The molecule has 0 atom stereocenters. The zero-order valence-corrected chi connectivity index (χ0v) is 22.1. The summed E-state index contributed by atoms with van der Waals surface area (Å²) in [4.78, 5) is 24.4. The fraction of sp³-hybridized carbons (Fsp3) is 0.296. The first-order chi connectivity index (χ1) is 20.5. The summed E-state index contributed by atoms with van der Waals surface area (Å²) < 4.78 is 90.1. The lowest BCUT2D eigenvalue weighted by Crippen LogP contribution is -2.49. The van der Waals surface area contributed by atoms with Crippen molar-refractivity contribution in [3.63, 3.8) is 0 Å². The summed E-state index contributed by atoms with van der Waals surface area (Å²) in [6.45, 7) is 0.202. The molecule has 1 saturated heterocycles. The van der Waals surface area contributed by atoms with Crippen LogP contribution in [-0.4, -0.2) is 68.5 Å². The highest BCUT2D eigenvalue weighted by Crippen LogP contribution is 2.29. The van der Waals surface area contributed by atoms with Crippen molar-refractivity contribution >= 4 is 16.9 Å². The maximum atomic E-state index is 15.3. The van der Waals surface area contributed by atoms with Gasteiger partial charge in [0.25, 0.3) is 5.89 Å². The van der Waals surface area contributed by atoms with Crippen LogP contribution in [0, 0.1) is 5.82 Å². The van der Waals surface area contributed by atoms with Crippen LogP contribution in [0.3, 0.4) is 0 Å². The number of hydrogen-bond acceptors (Lipinski definition) is 9. The first-order valence-corrected chi connectivity index (χ1v) is 12.9. The Morgan fingerprint density at radius 2 is 1.65 bits per heavy atom. The van der Waals surface area contributed by atoms with E-state index < -0.39 is 36.6 Å². The van der Waals surface area contributed by atoms with Gasteiger partial charge in [0.2, 0.25) is 5.89 Å². The van der Waals surface area contributed by atoms with Gasteiger partial charge in [0.05, 0.1) is 29.9 Å². The predicted molar refractivity (Wildman–Crippen MR) is 140 cm³/mol.